The number of hydrogen-bond donors (Lipinski definition) is 0. The lowest BCUT2D eigenvalue weighted by Gasteiger charge is -2.14. The van der Waals surface area contributed by atoms with E-state index in [1.165, 1.54) is 25.0 Å². The first-order chi connectivity index (χ1) is 14.9. The Morgan fingerprint density at radius 2 is 1.81 bits per heavy atom. The van der Waals surface area contributed by atoms with Crippen LogP contribution < -0.4 is 9.47 Å². The van der Waals surface area contributed by atoms with E-state index in [4.69, 9.17) is 9.47 Å². The molecule has 0 aliphatic carbocycles. The van der Waals surface area contributed by atoms with Crippen molar-refractivity contribution in [3.05, 3.63) is 47.5 Å². The van der Waals surface area contributed by atoms with Crippen LogP contribution >= 0.6 is 11.8 Å². The second-order valence-corrected chi connectivity index (χ2v) is 9.17. The fourth-order valence-electron chi connectivity index (χ4n) is 3.41. The number of ether oxygens (including phenoxy) is 2. The molecule has 162 valence electrons. The molecule has 0 bridgehead atoms. The maximum absolute atomic E-state index is 13.3. The molecule has 4 rings (SSSR count). The van der Waals surface area contributed by atoms with Gasteiger partial charge in [0, 0.05) is 11.6 Å². The minimum absolute atomic E-state index is 0.0685. The topological polar surface area (TPSA) is 117 Å². The van der Waals surface area contributed by atoms with Gasteiger partial charge in [0.15, 0.2) is 0 Å². The van der Waals surface area contributed by atoms with E-state index in [2.05, 4.69) is 15.5 Å². The van der Waals surface area contributed by atoms with Gasteiger partial charge in [0.2, 0.25) is 5.16 Å². The van der Waals surface area contributed by atoms with Crippen LogP contribution in [0.5, 0.6) is 11.5 Å². The van der Waals surface area contributed by atoms with E-state index >= 15 is 0 Å². The van der Waals surface area contributed by atoms with Gasteiger partial charge in [0.05, 0.1) is 31.3 Å². The van der Waals surface area contributed by atoms with Gasteiger partial charge in [-0.3, -0.25) is 4.79 Å². The summed E-state index contributed by atoms with van der Waals surface area (Å²) in [5, 5.41) is 11.9. The lowest BCUT2D eigenvalue weighted by molar-refractivity contribution is 0.0885. The van der Waals surface area contributed by atoms with Crippen molar-refractivity contribution < 1.29 is 22.7 Å². The van der Waals surface area contributed by atoms with Gasteiger partial charge < -0.3 is 9.47 Å². The van der Waals surface area contributed by atoms with E-state index < -0.39 is 15.9 Å². The van der Waals surface area contributed by atoms with Crippen molar-refractivity contribution >= 4 is 27.7 Å². The number of fused-ring (bicyclic) bond motifs is 1. The third kappa shape index (κ3) is 3.41. The molecule has 31 heavy (non-hydrogen) atoms. The average Bonchev–Trinajstić information content (AvgIpc) is 3.33. The number of tetrazole rings is 1. The van der Waals surface area contributed by atoms with Crippen LogP contribution in [-0.2, 0) is 16.4 Å². The predicted molar refractivity (Wildman–Crippen MR) is 112 cm³/mol. The Morgan fingerprint density at radius 3 is 2.45 bits per heavy atom. The molecule has 0 spiro atoms. The largest absolute Gasteiger partial charge is 0.496 e. The summed E-state index contributed by atoms with van der Waals surface area (Å²) < 4.78 is 39.5. The third-order valence-corrected chi connectivity index (χ3v) is 7.71. The summed E-state index contributed by atoms with van der Waals surface area (Å²) in [5.74, 6) is -0.351. The molecule has 12 heteroatoms. The number of para-hydroxylation sites is 1. The highest BCUT2D eigenvalue weighted by atomic mass is 32.2. The normalized spacial score (nSPS) is 14.5. The number of carbonyl (C=O) groups is 1. The SMILES string of the molecule is CCc1c(OC)cc(OC)c2c1C(=O)N(CSc1nnnn1-c1ccccc1)S2(=O)=O. The maximum atomic E-state index is 13.3. The van der Waals surface area contributed by atoms with Crippen LogP contribution in [0.1, 0.15) is 22.8 Å². The summed E-state index contributed by atoms with van der Waals surface area (Å²) in [5.41, 5.74) is 1.32. The second-order valence-electron chi connectivity index (χ2n) is 6.46. The van der Waals surface area contributed by atoms with Crippen LogP contribution in [0.15, 0.2) is 46.5 Å². The highest BCUT2D eigenvalue weighted by molar-refractivity contribution is 8.00. The lowest BCUT2D eigenvalue weighted by atomic mass is 10.0. The molecule has 1 amide bonds. The molecule has 0 fully saturated rings. The van der Waals surface area contributed by atoms with Crippen molar-refractivity contribution in [2.24, 2.45) is 0 Å². The third-order valence-electron chi connectivity index (χ3n) is 4.85. The number of aromatic nitrogens is 4. The van der Waals surface area contributed by atoms with Crippen LogP contribution in [0.4, 0.5) is 0 Å². The van der Waals surface area contributed by atoms with E-state index in [0.29, 0.717) is 28.6 Å². The van der Waals surface area contributed by atoms with Gasteiger partial charge in [-0.2, -0.15) is 4.68 Å². The predicted octanol–water partition coefficient (Wildman–Crippen LogP) is 2.14. The van der Waals surface area contributed by atoms with Crippen LogP contribution in [0.25, 0.3) is 5.69 Å². The van der Waals surface area contributed by atoms with Crippen LogP contribution in [0.3, 0.4) is 0 Å². The van der Waals surface area contributed by atoms with E-state index in [1.54, 1.807) is 0 Å². The monoisotopic (exact) mass is 461 g/mol. The maximum Gasteiger partial charge on any atom is 0.272 e. The number of sulfonamides is 1. The number of amides is 1. The number of thioether (sulfide) groups is 1. The van der Waals surface area contributed by atoms with Crippen LogP contribution in [0.2, 0.25) is 0 Å². The molecule has 0 atom stereocenters. The molecule has 2 heterocycles. The molecule has 10 nitrogen and oxygen atoms in total. The summed E-state index contributed by atoms with van der Waals surface area (Å²) in [6.45, 7) is 1.83. The number of carbonyl (C=O) groups excluding carboxylic acids is 1. The molecule has 1 aliphatic heterocycles. The molecule has 3 aromatic rings. The molecule has 1 aromatic heterocycles. The standard InChI is InChI=1S/C19H19N5O5S2/c1-4-13-14(28-2)10-15(29-3)17-16(13)18(25)23(31(17,26)27)11-30-19-20-21-22-24(19)12-8-6-5-7-9-12/h5-10H,4,11H2,1-3H3. The van der Waals surface area contributed by atoms with E-state index in [1.807, 2.05) is 37.3 Å². The highest BCUT2D eigenvalue weighted by Crippen LogP contribution is 2.44. The van der Waals surface area contributed by atoms with Gasteiger partial charge in [-0.25, -0.2) is 12.7 Å². The Morgan fingerprint density at radius 1 is 1.10 bits per heavy atom. The first-order valence-electron chi connectivity index (χ1n) is 9.25. The van der Waals surface area contributed by atoms with Gasteiger partial charge in [0.25, 0.3) is 15.9 Å². The Hall–Kier alpha value is -3.12. The fraction of sp³-hybridized carbons (Fsp3) is 0.263. The zero-order valence-electron chi connectivity index (χ0n) is 17.0. The quantitative estimate of drug-likeness (QED) is 0.488. The van der Waals surface area contributed by atoms with Crippen molar-refractivity contribution in [2.75, 3.05) is 20.1 Å². The minimum Gasteiger partial charge on any atom is -0.496 e. The lowest BCUT2D eigenvalue weighted by Crippen LogP contribution is -2.30. The van der Waals surface area contributed by atoms with Gasteiger partial charge in [-0.1, -0.05) is 36.9 Å². The summed E-state index contributed by atoms with van der Waals surface area (Å²) in [4.78, 5) is 13.1. The van der Waals surface area contributed by atoms with Crippen molar-refractivity contribution in [1.82, 2.24) is 24.5 Å². The second kappa shape index (κ2) is 8.19. The molecule has 0 N–H and O–H groups in total. The van der Waals surface area contributed by atoms with Crippen molar-refractivity contribution in [3.63, 3.8) is 0 Å². The Balaban J connectivity index is 1.70. The van der Waals surface area contributed by atoms with Gasteiger partial charge >= 0.3 is 0 Å². The van der Waals surface area contributed by atoms with Crippen LogP contribution in [-0.4, -0.2) is 58.9 Å². The first kappa shape index (κ1) is 21.1. The Labute approximate surface area is 183 Å². The molecule has 0 radical (unpaired) electrons. The van der Waals surface area contributed by atoms with E-state index in [0.717, 1.165) is 16.1 Å². The Bertz CT molecular complexity index is 1240. The molecule has 2 aromatic carbocycles. The summed E-state index contributed by atoms with van der Waals surface area (Å²) in [6, 6.07) is 10.7. The van der Waals surface area contributed by atoms with E-state index in [9.17, 15) is 13.2 Å². The molecule has 1 aliphatic rings. The molecule has 0 unspecified atom stereocenters. The summed E-state index contributed by atoms with van der Waals surface area (Å²) in [7, 11) is -1.31. The molecule has 0 saturated carbocycles. The summed E-state index contributed by atoms with van der Waals surface area (Å²) in [6.07, 6.45) is 0.421. The van der Waals surface area contributed by atoms with Crippen molar-refractivity contribution in [2.45, 2.75) is 23.4 Å². The van der Waals surface area contributed by atoms with E-state index in [-0.39, 0.29) is 22.1 Å². The smallest absolute Gasteiger partial charge is 0.272 e. The number of benzene rings is 2. The zero-order chi connectivity index (χ0) is 22.2. The molecular weight excluding hydrogens is 442 g/mol. The minimum atomic E-state index is -4.12. The number of nitrogens with zero attached hydrogens (tertiary/aromatic N) is 5. The average molecular weight is 462 g/mol. The Kier molecular flexibility index (Phi) is 5.58. The zero-order valence-corrected chi connectivity index (χ0v) is 18.6. The number of rotatable bonds is 7. The summed E-state index contributed by atoms with van der Waals surface area (Å²) >= 11 is 1.04. The van der Waals surface area contributed by atoms with Crippen molar-refractivity contribution in [1.29, 1.82) is 0 Å². The first-order valence-corrected chi connectivity index (χ1v) is 11.7. The van der Waals surface area contributed by atoms with Gasteiger partial charge in [0.1, 0.15) is 16.4 Å². The number of methoxy groups -OCH3 is 2. The van der Waals surface area contributed by atoms with Gasteiger partial charge in [-0.15, -0.1) is 5.10 Å². The van der Waals surface area contributed by atoms with Crippen LogP contribution in [0, 0.1) is 0 Å². The fourth-order valence-corrected chi connectivity index (χ4v) is 6.23. The molecule has 0 saturated heterocycles. The number of hydrogen-bond acceptors (Lipinski definition) is 9. The highest BCUT2D eigenvalue weighted by Gasteiger charge is 2.46. The molecular formula is C19H19N5O5S2. The van der Waals surface area contributed by atoms with Crippen molar-refractivity contribution in [3.8, 4) is 17.2 Å². The van der Waals surface area contributed by atoms with Gasteiger partial charge in [-0.05, 0) is 29.0 Å².